The number of fused-ring (bicyclic) bond motifs is 1. The molecule has 0 saturated heterocycles. The fourth-order valence-corrected chi connectivity index (χ4v) is 2.89. The monoisotopic (exact) mass is 265 g/mol. The van der Waals surface area contributed by atoms with Gasteiger partial charge in [0.2, 0.25) is 0 Å². The van der Waals surface area contributed by atoms with Crippen molar-refractivity contribution >= 4 is 16.3 Å². The lowest BCUT2D eigenvalue weighted by Crippen LogP contribution is -2.24. The van der Waals surface area contributed by atoms with Crippen molar-refractivity contribution in [3.63, 3.8) is 0 Å². The second-order valence-corrected chi connectivity index (χ2v) is 6.54. The number of hydrogen-bond donors (Lipinski definition) is 1. The first-order chi connectivity index (χ1) is 8.61. The van der Waals surface area contributed by atoms with E-state index in [1.807, 2.05) is 0 Å². The molecule has 0 radical (unpaired) electrons. The van der Waals surface area contributed by atoms with E-state index in [1.54, 1.807) is 11.3 Å². The number of nitrogens with zero attached hydrogens (tertiary/aromatic N) is 2. The Labute approximate surface area is 113 Å². The van der Waals surface area contributed by atoms with Gasteiger partial charge < -0.3 is 5.32 Å². The van der Waals surface area contributed by atoms with Crippen molar-refractivity contribution < 1.29 is 0 Å². The third-order valence-electron chi connectivity index (χ3n) is 3.21. The van der Waals surface area contributed by atoms with Gasteiger partial charge in [-0.3, -0.25) is 4.40 Å². The van der Waals surface area contributed by atoms with Gasteiger partial charge in [0.15, 0.2) is 4.96 Å². The number of aromatic nitrogens is 2. The lowest BCUT2D eigenvalue weighted by Gasteiger charge is -2.23. The minimum Gasteiger partial charge on any atom is -0.317 e. The van der Waals surface area contributed by atoms with Gasteiger partial charge in [0.05, 0.1) is 5.69 Å². The Morgan fingerprint density at radius 2 is 2.22 bits per heavy atom. The number of thiazole rings is 1. The smallest absolute Gasteiger partial charge is 0.193 e. The van der Waals surface area contributed by atoms with Crippen molar-refractivity contribution in [2.24, 2.45) is 5.41 Å². The van der Waals surface area contributed by atoms with Crippen LogP contribution >= 0.6 is 11.3 Å². The first-order valence-electron chi connectivity index (χ1n) is 6.72. The van der Waals surface area contributed by atoms with Gasteiger partial charge in [-0.05, 0) is 37.8 Å². The van der Waals surface area contributed by atoms with Crippen LogP contribution in [-0.2, 0) is 6.42 Å². The summed E-state index contributed by atoms with van der Waals surface area (Å²) in [5.74, 6) is 0. The Hall–Kier alpha value is -0.870. The summed E-state index contributed by atoms with van der Waals surface area (Å²) < 4.78 is 2.12. The molecule has 100 valence electrons. The van der Waals surface area contributed by atoms with Crippen LogP contribution in [0.5, 0.6) is 0 Å². The van der Waals surface area contributed by atoms with Crippen LogP contribution in [0.25, 0.3) is 4.96 Å². The predicted molar refractivity (Wildman–Crippen MR) is 78.3 cm³/mol. The van der Waals surface area contributed by atoms with Crippen LogP contribution in [0.2, 0.25) is 0 Å². The molecule has 2 heterocycles. The van der Waals surface area contributed by atoms with Gasteiger partial charge in [0, 0.05) is 17.8 Å². The van der Waals surface area contributed by atoms with Crippen LogP contribution in [0.1, 0.15) is 39.3 Å². The van der Waals surface area contributed by atoms with E-state index in [1.165, 1.54) is 18.5 Å². The van der Waals surface area contributed by atoms with E-state index in [4.69, 9.17) is 0 Å². The maximum absolute atomic E-state index is 4.66. The number of nitrogens with one attached hydrogen (secondary N) is 1. The average Bonchev–Trinajstić information content (AvgIpc) is 2.84. The van der Waals surface area contributed by atoms with Gasteiger partial charge in [0.1, 0.15) is 0 Å². The summed E-state index contributed by atoms with van der Waals surface area (Å²) in [6.45, 7) is 9.08. The Balaban J connectivity index is 1.88. The molecule has 0 fully saturated rings. The number of rotatable bonds is 7. The van der Waals surface area contributed by atoms with Gasteiger partial charge in [-0.2, -0.15) is 0 Å². The van der Waals surface area contributed by atoms with Crippen LogP contribution in [0.15, 0.2) is 17.8 Å². The fraction of sp³-hybridized carbons (Fsp3) is 0.643. The quantitative estimate of drug-likeness (QED) is 0.778. The highest BCUT2D eigenvalue weighted by atomic mass is 32.1. The van der Waals surface area contributed by atoms with E-state index in [-0.39, 0.29) is 0 Å². The van der Waals surface area contributed by atoms with Gasteiger partial charge in [-0.25, -0.2) is 4.98 Å². The van der Waals surface area contributed by atoms with Gasteiger partial charge >= 0.3 is 0 Å². The van der Waals surface area contributed by atoms with Crippen molar-refractivity contribution in [3.8, 4) is 0 Å². The lowest BCUT2D eigenvalue weighted by molar-refractivity contribution is 0.323. The van der Waals surface area contributed by atoms with Gasteiger partial charge in [-0.1, -0.05) is 20.8 Å². The largest absolute Gasteiger partial charge is 0.317 e. The Morgan fingerprint density at radius 3 is 2.94 bits per heavy atom. The molecule has 0 aromatic carbocycles. The first-order valence-corrected chi connectivity index (χ1v) is 7.60. The molecule has 0 aliphatic rings. The molecule has 0 unspecified atom stereocenters. The summed E-state index contributed by atoms with van der Waals surface area (Å²) in [6, 6.07) is 0. The summed E-state index contributed by atoms with van der Waals surface area (Å²) in [6.07, 6.45) is 7.69. The average molecular weight is 265 g/mol. The number of hydrogen-bond acceptors (Lipinski definition) is 3. The summed E-state index contributed by atoms with van der Waals surface area (Å²) >= 11 is 1.70. The predicted octanol–water partition coefficient (Wildman–Crippen LogP) is 3.35. The highest BCUT2D eigenvalue weighted by Gasteiger charge is 2.19. The molecule has 0 aliphatic heterocycles. The summed E-state index contributed by atoms with van der Waals surface area (Å²) in [5, 5.41) is 5.55. The topological polar surface area (TPSA) is 29.3 Å². The minimum absolute atomic E-state index is 0.310. The molecular weight excluding hydrogens is 242 g/mol. The third kappa shape index (κ3) is 3.56. The summed E-state index contributed by atoms with van der Waals surface area (Å²) in [4.78, 5) is 5.77. The molecule has 0 aliphatic carbocycles. The zero-order chi connectivity index (χ0) is 13.0. The van der Waals surface area contributed by atoms with Crippen molar-refractivity contribution in [3.05, 3.63) is 23.5 Å². The van der Waals surface area contributed by atoms with Crippen LogP contribution in [0.4, 0.5) is 0 Å². The molecule has 2 rings (SSSR count). The molecule has 0 atom stereocenters. The Morgan fingerprint density at radius 1 is 1.39 bits per heavy atom. The van der Waals surface area contributed by atoms with E-state index < -0.39 is 0 Å². The van der Waals surface area contributed by atoms with Crippen molar-refractivity contribution in [1.82, 2.24) is 14.7 Å². The molecule has 0 bridgehead atoms. The molecule has 18 heavy (non-hydrogen) atoms. The maximum Gasteiger partial charge on any atom is 0.193 e. The molecule has 3 nitrogen and oxygen atoms in total. The van der Waals surface area contributed by atoms with Crippen molar-refractivity contribution in [2.45, 2.75) is 40.0 Å². The minimum atomic E-state index is 0.310. The molecule has 2 aromatic rings. The van der Waals surface area contributed by atoms with E-state index in [0.29, 0.717) is 5.41 Å². The van der Waals surface area contributed by atoms with Crippen LogP contribution < -0.4 is 5.32 Å². The lowest BCUT2D eigenvalue weighted by atomic mass is 9.84. The van der Waals surface area contributed by atoms with E-state index in [0.717, 1.165) is 24.5 Å². The van der Waals surface area contributed by atoms with E-state index in [2.05, 4.69) is 53.2 Å². The highest BCUT2D eigenvalue weighted by Crippen LogP contribution is 2.25. The molecule has 0 spiro atoms. The van der Waals surface area contributed by atoms with Crippen LogP contribution in [0, 0.1) is 5.41 Å². The molecule has 1 N–H and O–H groups in total. The zero-order valence-corrected chi connectivity index (χ0v) is 12.4. The zero-order valence-electron chi connectivity index (χ0n) is 11.6. The van der Waals surface area contributed by atoms with Gasteiger partial charge in [-0.15, -0.1) is 11.3 Å². The first kappa shape index (κ1) is 13.6. The normalized spacial score (nSPS) is 12.4. The summed E-state index contributed by atoms with van der Waals surface area (Å²) in [5.41, 5.74) is 1.52. The van der Waals surface area contributed by atoms with Crippen LogP contribution in [-0.4, -0.2) is 22.5 Å². The molecular formula is C14H23N3S. The Bertz CT molecular complexity index is 455. The SMILES string of the molecule is CCCNCCC(C)(C)Cc1cn2ccsc2n1. The second kappa shape index (κ2) is 5.85. The molecule has 4 heteroatoms. The Kier molecular flexibility index (Phi) is 4.40. The van der Waals surface area contributed by atoms with E-state index in [9.17, 15) is 0 Å². The second-order valence-electron chi connectivity index (χ2n) is 5.67. The van der Waals surface area contributed by atoms with E-state index >= 15 is 0 Å². The maximum atomic E-state index is 4.66. The third-order valence-corrected chi connectivity index (χ3v) is 3.98. The summed E-state index contributed by atoms with van der Waals surface area (Å²) in [7, 11) is 0. The van der Waals surface area contributed by atoms with Crippen LogP contribution in [0.3, 0.4) is 0 Å². The molecule has 0 amide bonds. The fourth-order valence-electron chi connectivity index (χ4n) is 2.17. The molecule has 2 aromatic heterocycles. The van der Waals surface area contributed by atoms with Crippen molar-refractivity contribution in [2.75, 3.05) is 13.1 Å². The molecule has 0 saturated carbocycles. The van der Waals surface area contributed by atoms with Crippen molar-refractivity contribution in [1.29, 1.82) is 0 Å². The standard InChI is InChI=1S/C14H23N3S/c1-4-6-15-7-5-14(2,3)10-12-11-17-8-9-18-13(17)16-12/h8-9,11,15H,4-7,10H2,1-3H3. The van der Waals surface area contributed by atoms with Gasteiger partial charge in [0.25, 0.3) is 0 Å². The highest BCUT2D eigenvalue weighted by molar-refractivity contribution is 7.15. The number of imidazole rings is 1.